The van der Waals surface area contributed by atoms with Crippen molar-refractivity contribution in [3.8, 4) is 0 Å². The van der Waals surface area contributed by atoms with Crippen molar-refractivity contribution >= 4 is 34.5 Å². The molecule has 9 heteroatoms. The number of rotatable bonds is 7. The number of likely N-dealkylation sites (tertiary alicyclic amines) is 1. The maximum atomic E-state index is 13.4. The van der Waals surface area contributed by atoms with Crippen molar-refractivity contribution in [3.05, 3.63) is 107 Å². The van der Waals surface area contributed by atoms with Crippen LogP contribution in [0.15, 0.2) is 79.0 Å². The van der Waals surface area contributed by atoms with Crippen molar-refractivity contribution < 1.29 is 27.0 Å². The lowest BCUT2D eigenvalue weighted by Gasteiger charge is -2.31. The maximum Gasteiger partial charge on any atom is 0.417 e. The van der Waals surface area contributed by atoms with Gasteiger partial charge in [-0.1, -0.05) is 49.7 Å². The van der Waals surface area contributed by atoms with Crippen LogP contribution in [0.2, 0.25) is 0 Å². The Balaban J connectivity index is 0.000000328. The van der Waals surface area contributed by atoms with E-state index in [0.717, 1.165) is 55.0 Å². The highest BCUT2D eigenvalue weighted by molar-refractivity contribution is 6.15. The van der Waals surface area contributed by atoms with Crippen LogP contribution in [0.25, 0.3) is 10.9 Å². The summed E-state index contributed by atoms with van der Waals surface area (Å²) in [6.45, 7) is 5.43. The molecule has 4 aromatic rings. The first-order chi connectivity index (χ1) is 19.7. The summed E-state index contributed by atoms with van der Waals surface area (Å²) in [5.41, 5.74) is 1.60. The largest absolute Gasteiger partial charge is 0.417 e. The van der Waals surface area contributed by atoms with Gasteiger partial charge < -0.3 is 14.2 Å². The summed E-state index contributed by atoms with van der Waals surface area (Å²) in [6, 6.07) is 18.7. The number of ketones is 1. The standard InChI is InChI=1S/C25H27F3N2O.C7H5ClO2/c1-2-3-12-30-13-10-17(11-14-30)21-16-29-23-9-8-18(15-20(21)23)24(31)19-6-4-5-7-22(19)25(26,27)28;8-10-7(9)6-4-2-1-3-5-6/h4-9,15-17,29H,2-3,10-14H2,1H3;1-5H. The molecule has 1 saturated heterocycles. The number of hydrogen-bond acceptors (Lipinski definition) is 4. The number of aromatic amines is 1. The molecule has 0 aliphatic carbocycles. The van der Waals surface area contributed by atoms with E-state index in [1.165, 1.54) is 31.0 Å². The lowest BCUT2D eigenvalue weighted by Crippen LogP contribution is -2.33. The zero-order valence-electron chi connectivity index (χ0n) is 22.7. The Bertz CT molecular complexity index is 1460. The number of aromatic nitrogens is 1. The SMILES string of the molecule is CCCCN1CCC(c2c[nH]c3ccc(C(=O)c4ccccc4C(F)(F)F)cc23)CC1.O=C(OCl)c1ccccc1. The number of carbonyl (C=O) groups excluding carboxylic acids is 2. The minimum absolute atomic E-state index is 0.283. The second-order valence-corrected chi connectivity index (χ2v) is 10.2. The lowest BCUT2D eigenvalue weighted by atomic mass is 9.88. The molecule has 0 unspecified atom stereocenters. The van der Waals surface area contributed by atoms with Crippen LogP contribution < -0.4 is 0 Å². The van der Waals surface area contributed by atoms with E-state index in [-0.39, 0.29) is 11.1 Å². The molecule has 0 amide bonds. The molecule has 5 rings (SSSR count). The van der Waals surface area contributed by atoms with Crippen LogP contribution in [0.1, 0.15) is 75.9 Å². The summed E-state index contributed by atoms with van der Waals surface area (Å²) < 4.78 is 44.1. The number of halogens is 4. The molecule has 2 heterocycles. The second kappa shape index (κ2) is 13.8. The molecule has 216 valence electrons. The van der Waals surface area contributed by atoms with Crippen molar-refractivity contribution in [1.82, 2.24) is 9.88 Å². The molecule has 41 heavy (non-hydrogen) atoms. The fraction of sp³-hybridized carbons (Fsp3) is 0.312. The van der Waals surface area contributed by atoms with Gasteiger partial charge in [-0.15, -0.1) is 0 Å². The summed E-state index contributed by atoms with van der Waals surface area (Å²) >= 11 is 4.84. The Morgan fingerprint density at radius 2 is 1.66 bits per heavy atom. The van der Waals surface area contributed by atoms with E-state index >= 15 is 0 Å². The third-order valence-electron chi connectivity index (χ3n) is 7.39. The van der Waals surface area contributed by atoms with Crippen LogP contribution in [0.3, 0.4) is 0 Å². The van der Waals surface area contributed by atoms with Gasteiger partial charge in [-0.3, -0.25) is 4.79 Å². The van der Waals surface area contributed by atoms with E-state index in [4.69, 9.17) is 11.9 Å². The smallest absolute Gasteiger partial charge is 0.361 e. The van der Waals surface area contributed by atoms with Crippen molar-refractivity contribution in [2.24, 2.45) is 0 Å². The van der Waals surface area contributed by atoms with Crippen molar-refractivity contribution in [1.29, 1.82) is 0 Å². The van der Waals surface area contributed by atoms with Gasteiger partial charge in [0.25, 0.3) is 0 Å². The van der Waals surface area contributed by atoms with Crippen molar-refractivity contribution in [3.63, 3.8) is 0 Å². The van der Waals surface area contributed by atoms with Gasteiger partial charge in [-0.05, 0) is 86.8 Å². The summed E-state index contributed by atoms with van der Waals surface area (Å²) in [7, 11) is 0. The first kappa shape index (κ1) is 30.3. The van der Waals surface area contributed by atoms with Gasteiger partial charge in [0.2, 0.25) is 0 Å². The van der Waals surface area contributed by atoms with Crippen LogP contribution in [-0.2, 0) is 10.5 Å². The van der Waals surface area contributed by atoms with Gasteiger partial charge in [0, 0.05) is 28.2 Å². The molecule has 0 bridgehead atoms. The lowest BCUT2D eigenvalue weighted by molar-refractivity contribution is -0.137. The van der Waals surface area contributed by atoms with E-state index < -0.39 is 23.5 Å². The van der Waals surface area contributed by atoms with Crippen LogP contribution in [0.5, 0.6) is 0 Å². The normalized spacial score (nSPS) is 14.4. The average molecular weight is 585 g/mol. The Labute approximate surface area is 242 Å². The predicted molar refractivity (Wildman–Crippen MR) is 154 cm³/mol. The van der Waals surface area contributed by atoms with E-state index in [1.807, 2.05) is 12.3 Å². The van der Waals surface area contributed by atoms with Gasteiger partial charge in [-0.25, -0.2) is 4.79 Å². The number of nitrogens with zero attached hydrogens (tertiary/aromatic N) is 1. The summed E-state index contributed by atoms with van der Waals surface area (Å²) in [6.07, 6.45) is 1.92. The van der Waals surface area contributed by atoms with Gasteiger partial charge in [0.05, 0.1) is 11.1 Å². The van der Waals surface area contributed by atoms with E-state index in [9.17, 15) is 22.8 Å². The van der Waals surface area contributed by atoms with Crippen LogP contribution in [0, 0.1) is 0 Å². The van der Waals surface area contributed by atoms with Crippen molar-refractivity contribution in [2.45, 2.75) is 44.7 Å². The molecular formula is C32H32ClF3N2O3. The number of piperidine rings is 1. The number of carbonyl (C=O) groups is 2. The van der Waals surface area contributed by atoms with E-state index in [0.29, 0.717) is 11.5 Å². The summed E-state index contributed by atoms with van der Waals surface area (Å²) in [5, 5.41) is 0.933. The van der Waals surface area contributed by atoms with Crippen LogP contribution in [0.4, 0.5) is 13.2 Å². The second-order valence-electron chi connectivity index (χ2n) is 10.1. The summed E-state index contributed by atoms with van der Waals surface area (Å²) in [5.74, 6) is -0.738. The molecule has 1 aliphatic rings. The molecular weight excluding hydrogens is 553 g/mol. The number of unbranched alkanes of at least 4 members (excludes halogenated alkanes) is 1. The van der Waals surface area contributed by atoms with Crippen LogP contribution in [-0.4, -0.2) is 41.3 Å². The minimum atomic E-state index is -4.57. The Kier molecular flexibility index (Phi) is 10.2. The first-order valence-corrected chi connectivity index (χ1v) is 14.0. The minimum Gasteiger partial charge on any atom is -0.361 e. The van der Waals surface area contributed by atoms with Gasteiger partial charge in [0.1, 0.15) is 11.9 Å². The van der Waals surface area contributed by atoms with Gasteiger partial charge in [0.15, 0.2) is 5.78 Å². The molecule has 3 aromatic carbocycles. The van der Waals surface area contributed by atoms with E-state index in [1.54, 1.807) is 42.5 Å². The molecule has 0 spiro atoms. The highest BCUT2D eigenvalue weighted by Gasteiger charge is 2.35. The first-order valence-electron chi connectivity index (χ1n) is 13.6. The summed E-state index contributed by atoms with van der Waals surface area (Å²) in [4.78, 5) is 29.4. The fourth-order valence-corrected chi connectivity index (χ4v) is 5.26. The molecule has 0 atom stereocenters. The highest BCUT2D eigenvalue weighted by Crippen LogP contribution is 2.36. The Morgan fingerprint density at radius 3 is 2.32 bits per heavy atom. The Hall–Kier alpha value is -3.62. The number of hydrogen-bond donors (Lipinski definition) is 1. The molecule has 0 saturated carbocycles. The number of nitrogens with one attached hydrogen (secondary N) is 1. The third-order valence-corrected chi connectivity index (χ3v) is 7.53. The zero-order valence-corrected chi connectivity index (χ0v) is 23.5. The molecule has 0 radical (unpaired) electrons. The number of fused-ring (bicyclic) bond motifs is 1. The average Bonchev–Trinajstić information content (AvgIpc) is 3.43. The van der Waals surface area contributed by atoms with E-state index in [2.05, 4.69) is 21.1 Å². The number of benzene rings is 3. The zero-order chi connectivity index (χ0) is 29.4. The fourth-order valence-electron chi connectivity index (χ4n) is 5.17. The van der Waals surface area contributed by atoms with Gasteiger partial charge >= 0.3 is 12.1 Å². The van der Waals surface area contributed by atoms with Gasteiger partial charge in [-0.2, -0.15) is 13.2 Å². The monoisotopic (exact) mass is 584 g/mol. The Morgan fingerprint density at radius 1 is 0.976 bits per heavy atom. The molecule has 1 aliphatic heterocycles. The predicted octanol–water partition coefficient (Wildman–Crippen LogP) is 8.39. The number of H-pyrrole nitrogens is 1. The van der Waals surface area contributed by atoms with Crippen LogP contribution >= 0.6 is 11.9 Å². The van der Waals surface area contributed by atoms with Crippen molar-refractivity contribution in [2.75, 3.05) is 19.6 Å². The topological polar surface area (TPSA) is 62.4 Å². The molecule has 1 N–H and O–H groups in total. The third kappa shape index (κ3) is 7.57. The quantitative estimate of drug-likeness (QED) is 0.222. The molecule has 5 nitrogen and oxygen atoms in total. The maximum absolute atomic E-state index is 13.4. The molecule has 1 fully saturated rings. The highest BCUT2D eigenvalue weighted by atomic mass is 35.5. The number of alkyl halides is 3. The molecule has 1 aromatic heterocycles.